The third-order valence-electron chi connectivity index (χ3n) is 3.63. The Balaban J connectivity index is 1.53. The zero-order valence-electron chi connectivity index (χ0n) is 15.4. The van der Waals surface area contributed by atoms with Crippen LogP contribution in [0, 0.1) is 0 Å². The van der Waals surface area contributed by atoms with Gasteiger partial charge in [-0.2, -0.15) is 0 Å². The summed E-state index contributed by atoms with van der Waals surface area (Å²) in [5, 5.41) is 13.9. The van der Waals surface area contributed by atoms with E-state index in [0.717, 1.165) is 11.4 Å². The van der Waals surface area contributed by atoms with Crippen molar-refractivity contribution in [2.24, 2.45) is 7.05 Å². The summed E-state index contributed by atoms with van der Waals surface area (Å²) in [6.45, 7) is 2.08. The number of carbonyl (C=O) groups is 2. The van der Waals surface area contributed by atoms with Crippen molar-refractivity contribution in [1.29, 1.82) is 0 Å². The summed E-state index contributed by atoms with van der Waals surface area (Å²) < 4.78 is 6.74. The molecule has 1 N–H and O–H groups in total. The summed E-state index contributed by atoms with van der Waals surface area (Å²) >= 11 is 2.56. The van der Waals surface area contributed by atoms with Crippen LogP contribution in [-0.2, 0) is 27.8 Å². The summed E-state index contributed by atoms with van der Waals surface area (Å²) in [5.41, 5.74) is 1.54. The van der Waals surface area contributed by atoms with Crippen LogP contribution in [-0.4, -0.2) is 44.0 Å². The van der Waals surface area contributed by atoms with Crippen molar-refractivity contribution in [1.82, 2.24) is 19.7 Å². The highest BCUT2D eigenvalue weighted by atomic mass is 32.2. The lowest BCUT2D eigenvalue weighted by molar-refractivity contribution is -0.142. The first-order chi connectivity index (χ1) is 13.6. The number of amides is 1. The lowest BCUT2D eigenvalue weighted by Crippen LogP contribution is -2.14. The Bertz CT molecular complexity index is 955. The fourth-order valence-corrected chi connectivity index (χ4v) is 3.81. The molecule has 8 nitrogen and oxygen atoms in total. The van der Waals surface area contributed by atoms with Gasteiger partial charge in [-0.1, -0.05) is 42.1 Å². The normalized spacial score (nSPS) is 10.6. The quantitative estimate of drug-likeness (QED) is 0.444. The first-order valence-electron chi connectivity index (χ1n) is 8.54. The number of carbonyl (C=O) groups excluding carboxylic acids is 2. The molecule has 146 valence electrons. The highest BCUT2D eigenvalue weighted by Crippen LogP contribution is 2.23. The molecule has 0 spiro atoms. The predicted molar refractivity (Wildman–Crippen MR) is 108 cm³/mol. The molecule has 3 rings (SSSR count). The van der Waals surface area contributed by atoms with Gasteiger partial charge in [-0.05, 0) is 6.92 Å². The van der Waals surface area contributed by atoms with E-state index in [4.69, 9.17) is 4.74 Å². The average molecular weight is 418 g/mol. The maximum absolute atomic E-state index is 12.2. The SMILES string of the molecule is CCOC(=O)Cc1csc(NC(=O)CSc2nnc(-c3ccccc3)n2C)n1. The molecule has 0 radical (unpaired) electrons. The molecule has 2 aromatic heterocycles. The van der Waals surface area contributed by atoms with E-state index in [1.165, 1.54) is 23.1 Å². The van der Waals surface area contributed by atoms with Gasteiger partial charge in [0.1, 0.15) is 0 Å². The van der Waals surface area contributed by atoms with Crippen LogP contribution in [0.1, 0.15) is 12.6 Å². The van der Waals surface area contributed by atoms with Gasteiger partial charge in [-0.25, -0.2) is 4.98 Å². The molecule has 0 unspecified atom stereocenters. The van der Waals surface area contributed by atoms with Gasteiger partial charge in [0.15, 0.2) is 16.1 Å². The molecular formula is C18H19N5O3S2. The highest BCUT2D eigenvalue weighted by molar-refractivity contribution is 7.99. The van der Waals surface area contributed by atoms with E-state index in [9.17, 15) is 9.59 Å². The van der Waals surface area contributed by atoms with E-state index in [2.05, 4.69) is 20.5 Å². The third kappa shape index (κ3) is 5.17. The third-order valence-corrected chi connectivity index (χ3v) is 5.45. The van der Waals surface area contributed by atoms with E-state index in [1.54, 1.807) is 12.3 Å². The minimum Gasteiger partial charge on any atom is -0.466 e. The Kier molecular flexibility index (Phi) is 6.77. The molecule has 10 heteroatoms. The first-order valence-corrected chi connectivity index (χ1v) is 10.4. The van der Waals surface area contributed by atoms with Crippen LogP contribution in [0.25, 0.3) is 11.4 Å². The largest absolute Gasteiger partial charge is 0.466 e. The lowest BCUT2D eigenvalue weighted by atomic mass is 10.2. The number of aromatic nitrogens is 4. The summed E-state index contributed by atoms with van der Waals surface area (Å²) in [5.74, 6) is 0.379. The van der Waals surface area contributed by atoms with Gasteiger partial charge in [-0.15, -0.1) is 21.5 Å². The first kappa shape index (κ1) is 20.0. The lowest BCUT2D eigenvalue weighted by Gasteiger charge is -2.04. The topological polar surface area (TPSA) is 99.0 Å². The Morgan fingerprint density at radius 1 is 1.25 bits per heavy atom. The minimum atomic E-state index is -0.335. The summed E-state index contributed by atoms with van der Waals surface area (Å²) in [7, 11) is 1.87. The molecule has 0 saturated heterocycles. The maximum Gasteiger partial charge on any atom is 0.311 e. The van der Waals surface area contributed by atoms with Crippen LogP contribution >= 0.6 is 23.1 Å². The molecular weight excluding hydrogens is 398 g/mol. The standard InChI is InChI=1S/C18H19N5O3S2/c1-3-26-15(25)9-13-10-27-17(19-13)20-14(24)11-28-18-22-21-16(23(18)2)12-7-5-4-6-8-12/h4-8,10H,3,9,11H2,1-2H3,(H,19,20,24). The van der Waals surface area contributed by atoms with Crippen molar-refractivity contribution in [3.8, 4) is 11.4 Å². The monoisotopic (exact) mass is 417 g/mol. The minimum absolute atomic E-state index is 0.0934. The molecule has 2 heterocycles. The second-order valence-corrected chi connectivity index (χ2v) is 7.49. The molecule has 0 aliphatic carbocycles. The van der Waals surface area contributed by atoms with Gasteiger partial charge < -0.3 is 14.6 Å². The van der Waals surface area contributed by atoms with E-state index in [0.29, 0.717) is 22.6 Å². The molecule has 0 bridgehead atoms. The Labute approximate surface area is 170 Å². The van der Waals surface area contributed by atoms with Gasteiger partial charge in [0.05, 0.1) is 24.5 Å². The number of hydrogen-bond acceptors (Lipinski definition) is 8. The molecule has 3 aromatic rings. The molecule has 0 fully saturated rings. The van der Waals surface area contributed by atoms with Crippen LogP contribution in [0.2, 0.25) is 0 Å². The van der Waals surface area contributed by atoms with Crippen molar-refractivity contribution in [3.63, 3.8) is 0 Å². The van der Waals surface area contributed by atoms with Crippen LogP contribution in [0.5, 0.6) is 0 Å². The van der Waals surface area contributed by atoms with E-state index in [1.807, 2.05) is 41.9 Å². The van der Waals surface area contributed by atoms with Crippen LogP contribution in [0.4, 0.5) is 5.13 Å². The van der Waals surface area contributed by atoms with Crippen LogP contribution in [0.15, 0.2) is 40.9 Å². The fourth-order valence-electron chi connectivity index (χ4n) is 2.37. The smallest absolute Gasteiger partial charge is 0.311 e. The van der Waals surface area contributed by atoms with E-state index < -0.39 is 0 Å². The number of nitrogens with one attached hydrogen (secondary N) is 1. The van der Waals surface area contributed by atoms with Crippen molar-refractivity contribution >= 4 is 40.1 Å². The van der Waals surface area contributed by atoms with Gasteiger partial charge in [0.25, 0.3) is 0 Å². The van der Waals surface area contributed by atoms with Gasteiger partial charge in [-0.3, -0.25) is 9.59 Å². The van der Waals surface area contributed by atoms with E-state index >= 15 is 0 Å². The number of anilines is 1. The van der Waals surface area contributed by atoms with Crippen molar-refractivity contribution in [3.05, 3.63) is 41.4 Å². The van der Waals surface area contributed by atoms with Gasteiger partial charge in [0, 0.05) is 18.0 Å². The number of esters is 1. The molecule has 28 heavy (non-hydrogen) atoms. The number of rotatable bonds is 8. The van der Waals surface area contributed by atoms with Crippen LogP contribution < -0.4 is 5.32 Å². The number of thioether (sulfide) groups is 1. The molecule has 0 aliphatic rings. The second-order valence-electron chi connectivity index (χ2n) is 5.69. The Morgan fingerprint density at radius 3 is 2.79 bits per heavy atom. The van der Waals surface area contributed by atoms with Crippen molar-refractivity contribution in [2.75, 3.05) is 17.7 Å². The maximum atomic E-state index is 12.2. The summed E-state index contributed by atoms with van der Waals surface area (Å²) in [6, 6.07) is 9.74. The number of benzene rings is 1. The van der Waals surface area contributed by atoms with Gasteiger partial charge >= 0.3 is 5.97 Å². The zero-order valence-corrected chi connectivity index (χ0v) is 17.0. The number of nitrogens with zero attached hydrogens (tertiary/aromatic N) is 4. The fraction of sp³-hybridized carbons (Fsp3) is 0.278. The average Bonchev–Trinajstić information content (AvgIpc) is 3.27. The molecule has 0 aliphatic heterocycles. The Morgan fingerprint density at radius 2 is 2.04 bits per heavy atom. The summed E-state index contributed by atoms with van der Waals surface area (Å²) in [6.07, 6.45) is 0.0934. The molecule has 0 saturated carbocycles. The molecule has 0 atom stereocenters. The number of hydrogen-bond donors (Lipinski definition) is 1. The molecule has 1 aromatic carbocycles. The number of thiazole rings is 1. The van der Waals surface area contributed by atoms with Crippen LogP contribution in [0.3, 0.4) is 0 Å². The van der Waals surface area contributed by atoms with Crippen molar-refractivity contribution in [2.45, 2.75) is 18.5 Å². The predicted octanol–water partition coefficient (Wildman–Crippen LogP) is 2.78. The highest BCUT2D eigenvalue weighted by Gasteiger charge is 2.14. The second kappa shape index (κ2) is 9.47. The summed E-state index contributed by atoms with van der Waals surface area (Å²) in [4.78, 5) is 27.9. The zero-order chi connectivity index (χ0) is 19.9. The van der Waals surface area contributed by atoms with Gasteiger partial charge in [0.2, 0.25) is 5.91 Å². The number of ether oxygens (including phenoxy) is 1. The molecule has 1 amide bonds. The Hall–Kier alpha value is -2.72. The van der Waals surface area contributed by atoms with E-state index in [-0.39, 0.29) is 24.1 Å². The van der Waals surface area contributed by atoms with Crippen molar-refractivity contribution < 1.29 is 14.3 Å².